The fourth-order valence-corrected chi connectivity index (χ4v) is 2.48. The van der Waals surface area contributed by atoms with Gasteiger partial charge in [0.25, 0.3) is 0 Å². The van der Waals surface area contributed by atoms with Crippen molar-refractivity contribution in [3.8, 4) is 11.8 Å². The SMILES string of the molecule is N#Cc1ccc(COc2ccc(Br)cc2CBr)cc1. The third-order valence-corrected chi connectivity index (χ3v) is 3.74. The summed E-state index contributed by atoms with van der Waals surface area (Å²) in [5, 5.41) is 9.48. The number of hydrogen-bond acceptors (Lipinski definition) is 2. The average molecular weight is 381 g/mol. The maximum atomic E-state index is 8.74. The highest BCUT2D eigenvalue weighted by Gasteiger charge is 2.04. The molecule has 96 valence electrons. The number of rotatable bonds is 4. The molecule has 2 rings (SSSR count). The summed E-state index contributed by atoms with van der Waals surface area (Å²) >= 11 is 6.89. The minimum atomic E-state index is 0.493. The molecule has 0 saturated carbocycles. The van der Waals surface area contributed by atoms with Crippen molar-refractivity contribution in [2.45, 2.75) is 11.9 Å². The Balaban J connectivity index is 2.07. The van der Waals surface area contributed by atoms with Crippen LogP contribution in [0.25, 0.3) is 0 Å². The molecular formula is C15H11Br2NO. The molecule has 0 aromatic heterocycles. The van der Waals surface area contributed by atoms with Crippen molar-refractivity contribution in [2.24, 2.45) is 0 Å². The lowest BCUT2D eigenvalue weighted by Gasteiger charge is -2.10. The summed E-state index contributed by atoms with van der Waals surface area (Å²) in [4.78, 5) is 0. The second-order valence-corrected chi connectivity index (χ2v) is 5.46. The molecule has 0 heterocycles. The van der Waals surface area contributed by atoms with E-state index in [-0.39, 0.29) is 0 Å². The summed E-state index contributed by atoms with van der Waals surface area (Å²) < 4.78 is 6.84. The molecule has 0 aliphatic carbocycles. The van der Waals surface area contributed by atoms with Crippen molar-refractivity contribution in [2.75, 3.05) is 0 Å². The van der Waals surface area contributed by atoms with Gasteiger partial charge in [-0.1, -0.05) is 44.0 Å². The first-order chi connectivity index (χ1) is 9.22. The molecule has 0 aliphatic heterocycles. The lowest BCUT2D eigenvalue weighted by Crippen LogP contribution is -1.98. The van der Waals surface area contributed by atoms with Crippen molar-refractivity contribution in [1.82, 2.24) is 0 Å². The molecule has 2 aromatic rings. The van der Waals surface area contributed by atoms with Crippen LogP contribution in [0.2, 0.25) is 0 Å². The molecule has 2 nitrogen and oxygen atoms in total. The van der Waals surface area contributed by atoms with E-state index in [9.17, 15) is 0 Å². The van der Waals surface area contributed by atoms with Gasteiger partial charge in [-0.3, -0.25) is 0 Å². The lowest BCUT2D eigenvalue weighted by atomic mass is 10.1. The van der Waals surface area contributed by atoms with Crippen molar-refractivity contribution in [3.63, 3.8) is 0 Å². The minimum Gasteiger partial charge on any atom is -0.489 e. The highest BCUT2D eigenvalue weighted by atomic mass is 79.9. The van der Waals surface area contributed by atoms with Crippen LogP contribution in [-0.4, -0.2) is 0 Å². The Bertz CT molecular complexity index is 603. The molecule has 0 spiro atoms. The number of ether oxygens (including phenoxy) is 1. The third kappa shape index (κ3) is 3.82. The van der Waals surface area contributed by atoms with Crippen LogP contribution in [0.1, 0.15) is 16.7 Å². The smallest absolute Gasteiger partial charge is 0.123 e. The maximum absolute atomic E-state index is 8.74. The maximum Gasteiger partial charge on any atom is 0.123 e. The number of hydrogen-bond donors (Lipinski definition) is 0. The number of halogens is 2. The van der Waals surface area contributed by atoms with Crippen LogP contribution in [0.15, 0.2) is 46.9 Å². The van der Waals surface area contributed by atoms with E-state index in [2.05, 4.69) is 37.9 Å². The summed E-state index contributed by atoms with van der Waals surface area (Å²) in [7, 11) is 0. The highest BCUT2D eigenvalue weighted by molar-refractivity contribution is 9.10. The summed E-state index contributed by atoms with van der Waals surface area (Å²) in [6, 6.07) is 15.4. The van der Waals surface area contributed by atoms with Gasteiger partial charge in [-0.15, -0.1) is 0 Å². The lowest BCUT2D eigenvalue weighted by molar-refractivity contribution is 0.304. The van der Waals surface area contributed by atoms with Crippen molar-refractivity contribution in [1.29, 1.82) is 5.26 Å². The fraction of sp³-hybridized carbons (Fsp3) is 0.133. The Hall–Kier alpha value is -1.31. The van der Waals surface area contributed by atoms with Gasteiger partial charge in [-0.25, -0.2) is 0 Å². The second kappa shape index (κ2) is 6.74. The molecule has 0 fully saturated rings. The molecule has 0 bridgehead atoms. The van der Waals surface area contributed by atoms with Crippen LogP contribution in [0.3, 0.4) is 0 Å². The van der Waals surface area contributed by atoms with Gasteiger partial charge in [0.15, 0.2) is 0 Å². The molecule has 0 amide bonds. The van der Waals surface area contributed by atoms with E-state index in [0.29, 0.717) is 12.2 Å². The first-order valence-corrected chi connectivity index (χ1v) is 7.60. The number of nitriles is 1. The first-order valence-electron chi connectivity index (χ1n) is 5.69. The minimum absolute atomic E-state index is 0.493. The third-order valence-electron chi connectivity index (χ3n) is 2.64. The van der Waals surface area contributed by atoms with Gasteiger partial charge in [0, 0.05) is 15.4 Å². The molecule has 4 heteroatoms. The zero-order valence-electron chi connectivity index (χ0n) is 10.1. The predicted octanol–water partition coefficient (Wildman–Crippen LogP) is 4.79. The Kier molecular flexibility index (Phi) is 5.00. The van der Waals surface area contributed by atoms with Crippen molar-refractivity contribution in [3.05, 3.63) is 63.6 Å². The second-order valence-electron chi connectivity index (χ2n) is 3.98. The van der Waals surface area contributed by atoms with Gasteiger partial charge < -0.3 is 4.74 Å². The Morgan fingerprint density at radius 1 is 1.11 bits per heavy atom. The van der Waals surface area contributed by atoms with E-state index in [1.807, 2.05) is 30.3 Å². The summed E-state index contributed by atoms with van der Waals surface area (Å²) in [5.41, 5.74) is 2.80. The van der Waals surface area contributed by atoms with E-state index in [1.54, 1.807) is 12.1 Å². The molecular weight excluding hydrogens is 370 g/mol. The zero-order valence-corrected chi connectivity index (χ0v) is 13.2. The van der Waals surface area contributed by atoms with Crippen LogP contribution in [0.5, 0.6) is 5.75 Å². The zero-order chi connectivity index (χ0) is 13.7. The quantitative estimate of drug-likeness (QED) is 0.714. The van der Waals surface area contributed by atoms with Crippen LogP contribution in [0, 0.1) is 11.3 Å². The molecule has 2 aromatic carbocycles. The molecule has 0 saturated heterocycles. The molecule has 0 radical (unpaired) electrons. The van der Waals surface area contributed by atoms with E-state index in [0.717, 1.165) is 26.7 Å². The Morgan fingerprint density at radius 2 is 1.84 bits per heavy atom. The van der Waals surface area contributed by atoms with Crippen molar-refractivity contribution >= 4 is 31.9 Å². The van der Waals surface area contributed by atoms with Crippen LogP contribution in [0.4, 0.5) is 0 Å². The summed E-state index contributed by atoms with van der Waals surface area (Å²) in [6.07, 6.45) is 0. The van der Waals surface area contributed by atoms with E-state index in [1.165, 1.54) is 0 Å². The van der Waals surface area contributed by atoms with Gasteiger partial charge in [-0.2, -0.15) is 5.26 Å². The van der Waals surface area contributed by atoms with Crippen molar-refractivity contribution < 1.29 is 4.74 Å². The number of nitrogens with zero attached hydrogens (tertiary/aromatic N) is 1. The van der Waals surface area contributed by atoms with Gasteiger partial charge in [-0.05, 0) is 35.9 Å². The van der Waals surface area contributed by atoms with Crippen LogP contribution < -0.4 is 4.74 Å². The molecule has 0 aliphatic rings. The predicted molar refractivity (Wildman–Crippen MR) is 82.3 cm³/mol. The average Bonchev–Trinajstić information content (AvgIpc) is 2.46. The fourth-order valence-electron chi connectivity index (χ4n) is 1.63. The standard InChI is InChI=1S/C15H11Br2NO/c16-8-13-7-14(17)5-6-15(13)19-10-12-3-1-11(9-18)2-4-12/h1-7H,8,10H2. The molecule has 19 heavy (non-hydrogen) atoms. The Morgan fingerprint density at radius 3 is 2.47 bits per heavy atom. The van der Waals surface area contributed by atoms with E-state index in [4.69, 9.17) is 10.00 Å². The van der Waals surface area contributed by atoms with Gasteiger partial charge >= 0.3 is 0 Å². The van der Waals surface area contributed by atoms with Gasteiger partial charge in [0.05, 0.1) is 11.6 Å². The number of alkyl halides is 1. The molecule has 0 unspecified atom stereocenters. The van der Waals surface area contributed by atoms with Crippen LogP contribution >= 0.6 is 31.9 Å². The van der Waals surface area contributed by atoms with Crippen LogP contribution in [-0.2, 0) is 11.9 Å². The summed E-state index contributed by atoms with van der Waals surface area (Å²) in [6.45, 7) is 0.493. The highest BCUT2D eigenvalue weighted by Crippen LogP contribution is 2.26. The Labute approximate surface area is 129 Å². The normalized spacial score (nSPS) is 9.95. The van der Waals surface area contributed by atoms with Gasteiger partial charge in [0.1, 0.15) is 12.4 Å². The first kappa shape index (κ1) is 14.1. The monoisotopic (exact) mass is 379 g/mol. The molecule has 0 atom stereocenters. The topological polar surface area (TPSA) is 33.0 Å². The van der Waals surface area contributed by atoms with Gasteiger partial charge in [0.2, 0.25) is 0 Å². The largest absolute Gasteiger partial charge is 0.489 e. The van der Waals surface area contributed by atoms with E-state index < -0.39 is 0 Å². The van der Waals surface area contributed by atoms with E-state index >= 15 is 0 Å². The summed E-state index contributed by atoms with van der Waals surface area (Å²) in [5.74, 6) is 0.865. The molecule has 0 N–H and O–H groups in total. The number of benzene rings is 2.